The third-order valence-corrected chi connectivity index (χ3v) is 7.95. The zero-order valence-electron chi connectivity index (χ0n) is 24.5. The first-order valence-corrected chi connectivity index (χ1v) is 15.4. The Labute approximate surface area is 266 Å². The first-order valence-electron chi connectivity index (χ1n) is 14.6. The molecule has 5 rings (SSSR count). The highest BCUT2D eigenvalue weighted by molar-refractivity contribution is 9.10. The van der Waals surface area contributed by atoms with Crippen LogP contribution in [0, 0.1) is 0 Å². The molecule has 4 aromatic carbocycles. The molecule has 9 heteroatoms. The molecule has 3 N–H and O–H groups in total. The van der Waals surface area contributed by atoms with Crippen LogP contribution in [0.25, 0.3) is 0 Å². The summed E-state index contributed by atoms with van der Waals surface area (Å²) in [6.45, 7) is 1.02. The van der Waals surface area contributed by atoms with E-state index in [-0.39, 0.29) is 12.5 Å². The van der Waals surface area contributed by atoms with Gasteiger partial charge in [-0.15, -0.1) is 0 Å². The van der Waals surface area contributed by atoms with E-state index >= 15 is 0 Å². The van der Waals surface area contributed by atoms with Gasteiger partial charge in [0.05, 0.1) is 13.7 Å². The van der Waals surface area contributed by atoms with E-state index in [9.17, 15) is 4.79 Å². The van der Waals surface area contributed by atoms with Crippen LogP contribution in [0.15, 0.2) is 113 Å². The van der Waals surface area contributed by atoms with Gasteiger partial charge in [0.25, 0.3) is 5.91 Å². The Kier molecular flexibility index (Phi) is 10.7. The average molecular weight is 659 g/mol. The number of hydrogen-bond donors (Lipinski definition) is 3. The van der Waals surface area contributed by atoms with E-state index < -0.39 is 11.6 Å². The molecule has 1 amide bonds. The number of methoxy groups -OCH3 is 1. The molecule has 228 valence electrons. The van der Waals surface area contributed by atoms with E-state index in [0.29, 0.717) is 44.1 Å². The number of hydrazine groups is 1. The predicted molar refractivity (Wildman–Crippen MR) is 174 cm³/mol. The van der Waals surface area contributed by atoms with Gasteiger partial charge in [-0.05, 0) is 71.6 Å². The Morgan fingerprint density at radius 1 is 0.932 bits per heavy atom. The summed E-state index contributed by atoms with van der Waals surface area (Å²) in [7, 11) is 1.64. The first kappa shape index (κ1) is 31.3. The lowest BCUT2D eigenvalue weighted by molar-refractivity contribution is -0.130. The number of benzene rings is 4. The molecule has 0 saturated carbocycles. The number of halogens is 1. The van der Waals surface area contributed by atoms with Gasteiger partial charge in [-0.1, -0.05) is 70.5 Å². The molecule has 0 unspecified atom stereocenters. The lowest BCUT2D eigenvalue weighted by atomic mass is 9.82. The Bertz CT molecular complexity index is 1530. The molecule has 0 saturated heterocycles. The molecule has 4 aromatic rings. The summed E-state index contributed by atoms with van der Waals surface area (Å²) >= 11 is 3.52. The van der Waals surface area contributed by atoms with Crippen LogP contribution in [-0.2, 0) is 22.4 Å². The van der Waals surface area contributed by atoms with E-state index in [2.05, 4.69) is 26.8 Å². The summed E-state index contributed by atoms with van der Waals surface area (Å²) in [5.74, 6) is 1.57. The average Bonchev–Trinajstić information content (AvgIpc) is 3.45. The maximum Gasteiger partial charge on any atom is 0.266 e. The Morgan fingerprint density at radius 2 is 1.64 bits per heavy atom. The van der Waals surface area contributed by atoms with Gasteiger partial charge in [-0.25, -0.2) is 10.4 Å². The highest BCUT2D eigenvalue weighted by Gasteiger charge is 2.53. The van der Waals surface area contributed by atoms with Gasteiger partial charge in [-0.2, -0.15) is 0 Å². The van der Waals surface area contributed by atoms with E-state index in [1.165, 1.54) is 0 Å². The standard InChI is InChI=1S/C35H36BrN3O5/c1-42-30-16-8-25(9-17-30)20-21-37-39-34(41)35(24-26-6-3-2-4-7-26)32(27-10-14-29(36)15-11-27)44-33(38-35)28-12-18-31(19-13-28)43-23-5-22-40/h2-4,6-19,32,37,40H,5,20-24H2,1H3,(H,39,41)/t32-,35-/m0/s1. The van der Waals surface area contributed by atoms with Crippen molar-refractivity contribution in [3.05, 3.63) is 130 Å². The number of aliphatic imine (C=N–C) groups is 1. The van der Waals surface area contributed by atoms with Crippen molar-refractivity contribution in [3.8, 4) is 11.5 Å². The van der Waals surface area contributed by atoms with E-state index in [1.807, 2.05) is 103 Å². The second-order valence-electron chi connectivity index (χ2n) is 10.5. The van der Waals surface area contributed by atoms with E-state index in [4.69, 9.17) is 24.3 Å². The normalized spacial score (nSPS) is 17.4. The molecule has 0 fully saturated rings. The number of aliphatic hydroxyl groups is 1. The number of carbonyl (C=O) groups excluding carboxylic acids is 1. The third kappa shape index (κ3) is 7.66. The Hall–Kier alpha value is -4.18. The molecule has 2 atom stereocenters. The van der Waals surface area contributed by atoms with Gasteiger partial charge < -0.3 is 19.3 Å². The van der Waals surface area contributed by atoms with Gasteiger partial charge in [0.1, 0.15) is 11.5 Å². The number of nitrogens with one attached hydrogen (secondary N) is 2. The minimum Gasteiger partial charge on any atom is -0.497 e. The molecule has 1 aliphatic heterocycles. The van der Waals surface area contributed by atoms with Crippen LogP contribution in [0.3, 0.4) is 0 Å². The monoisotopic (exact) mass is 657 g/mol. The number of aliphatic hydroxyl groups excluding tert-OH is 1. The fourth-order valence-corrected chi connectivity index (χ4v) is 5.34. The van der Waals surface area contributed by atoms with Crippen LogP contribution < -0.4 is 20.3 Å². The van der Waals surface area contributed by atoms with Gasteiger partial charge in [0, 0.05) is 36.0 Å². The summed E-state index contributed by atoms with van der Waals surface area (Å²) in [4.78, 5) is 19.3. The van der Waals surface area contributed by atoms with Crippen LogP contribution in [0.5, 0.6) is 11.5 Å². The molecule has 0 radical (unpaired) electrons. The van der Waals surface area contributed by atoms with Crippen LogP contribution in [0.1, 0.15) is 34.8 Å². The van der Waals surface area contributed by atoms with Crippen LogP contribution in [0.2, 0.25) is 0 Å². The van der Waals surface area contributed by atoms with Crippen molar-refractivity contribution < 1.29 is 24.1 Å². The Morgan fingerprint density at radius 3 is 2.32 bits per heavy atom. The second-order valence-corrected chi connectivity index (χ2v) is 11.4. The summed E-state index contributed by atoms with van der Waals surface area (Å²) in [6, 6.07) is 32.9. The molecule has 0 bridgehead atoms. The minimum absolute atomic E-state index is 0.0715. The summed E-state index contributed by atoms with van der Waals surface area (Å²) in [5.41, 5.74) is 8.42. The maximum atomic E-state index is 14.3. The first-order chi connectivity index (χ1) is 21.5. The summed E-state index contributed by atoms with van der Waals surface area (Å²) in [5, 5.41) is 9.05. The zero-order chi connectivity index (χ0) is 30.8. The van der Waals surface area contributed by atoms with Crippen molar-refractivity contribution in [1.82, 2.24) is 10.9 Å². The second kappa shape index (κ2) is 15.0. The molecular formula is C35H36BrN3O5. The Balaban J connectivity index is 1.43. The van der Waals surface area contributed by atoms with Gasteiger partial charge in [0.15, 0.2) is 11.6 Å². The predicted octanol–water partition coefficient (Wildman–Crippen LogP) is 5.58. The maximum absolute atomic E-state index is 14.3. The largest absolute Gasteiger partial charge is 0.497 e. The lowest BCUT2D eigenvalue weighted by Gasteiger charge is -2.31. The van der Waals surface area contributed by atoms with Crippen LogP contribution in [-0.4, -0.2) is 49.3 Å². The SMILES string of the molecule is COc1ccc(CCNNC(=O)[C@@]2(Cc3ccccc3)N=C(c3ccc(OCCCO)cc3)O[C@H]2c2ccc(Br)cc2)cc1. The van der Waals surface area contributed by atoms with Crippen molar-refractivity contribution in [2.45, 2.75) is 30.9 Å². The summed E-state index contributed by atoms with van der Waals surface area (Å²) in [6.07, 6.45) is 0.906. The number of amides is 1. The van der Waals surface area contributed by atoms with Crippen molar-refractivity contribution in [1.29, 1.82) is 0 Å². The van der Waals surface area contributed by atoms with Crippen molar-refractivity contribution in [2.75, 3.05) is 26.9 Å². The number of rotatable bonds is 14. The molecular weight excluding hydrogens is 622 g/mol. The molecule has 0 spiro atoms. The summed E-state index contributed by atoms with van der Waals surface area (Å²) < 4.78 is 18.5. The fourth-order valence-electron chi connectivity index (χ4n) is 5.08. The molecule has 8 nitrogen and oxygen atoms in total. The highest BCUT2D eigenvalue weighted by Crippen LogP contribution is 2.42. The molecule has 44 heavy (non-hydrogen) atoms. The third-order valence-electron chi connectivity index (χ3n) is 7.42. The zero-order valence-corrected chi connectivity index (χ0v) is 26.1. The van der Waals surface area contributed by atoms with Gasteiger partial charge in [0.2, 0.25) is 5.90 Å². The van der Waals surface area contributed by atoms with Crippen molar-refractivity contribution in [2.24, 2.45) is 4.99 Å². The number of hydrogen-bond acceptors (Lipinski definition) is 7. The van der Waals surface area contributed by atoms with Gasteiger partial charge in [-0.3, -0.25) is 10.2 Å². The molecule has 1 heterocycles. The fraction of sp³-hybridized carbons (Fsp3) is 0.257. The highest BCUT2D eigenvalue weighted by atomic mass is 79.9. The smallest absolute Gasteiger partial charge is 0.266 e. The minimum atomic E-state index is -1.30. The number of ether oxygens (including phenoxy) is 3. The number of nitrogens with zero attached hydrogens (tertiary/aromatic N) is 1. The van der Waals surface area contributed by atoms with Crippen molar-refractivity contribution >= 4 is 27.7 Å². The van der Waals surface area contributed by atoms with Crippen LogP contribution in [0.4, 0.5) is 0 Å². The van der Waals surface area contributed by atoms with Crippen LogP contribution >= 0.6 is 15.9 Å². The van der Waals surface area contributed by atoms with Gasteiger partial charge >= 0.3 is 0 Å². The molecule has 0 aromatic heterocycles. The van der Waals surface area contributed by atoms with E-state index in [0.717, 1.165) is 32.5 Å². The quantitative estimate of drug-likeness (QED) is 0.121. The number of carbonyl (C=O) groups is 1. The topological polar surface area (TPSA) is 101 Å². The van der Waals surface area contributed by atoms with Crippen molar-refractivity contribution in [3.63, 3.8) is 0 Å². The molecule has 0 aliphatic carbocycles. The van der Waals surface area contributed by atoms with E-state index in [1.54, 1.807) is 7.11 Å². The molecule has 1 aliphatic rings. The lowest BCUT2D eigenvalue weighted by Crippen LogP contribution is -2.54.